The second-order valence-corrected chi connectivity index (χ2v) is 4.79. The second kappa shape index (κ2) is 5.00. The Hall–Kier alpha value is -0.830. The number of halogens is 2. The van der Waals surface area contributed by atoms with Gasteiger partial charge in [-0.2, -0.15) is 0 Å². The van der Waals surface area contributed by atoms with Gasteiger partial charge in [-0.3, -0.25) is 0 Å². The average Bonchev–Trinajstić information content (AvgIpc) is 2.25. The maximum absolute atomic E-state index is 13.5. The molecule has 1 aliphatic rings. The summed E-state index contributed by atoms with van der Waals surface area (Å²) >= 11 is 5.63. The smallest absolute Gasteiger partial charge is 0.250 e. The van der Waals surface area contributed by atoms with Crippen molar-refractivity contribution >= 4 is 11.6 Å². The van der Waals surface area contributed by atoms with Gasteiger partial charge in [0, 0.05) is 6.20 Å². The Morgan fingerprint density at radius 3 is 2.88 bits per heavy atom. The van der Waals surface area contributed by atoms with Gasteiger partial charge < -0.3 is 4.74 Å². The number of rotatable bonds is 2. The summed E-state index contributed by atoms with van der Waals surface area (Å²) in [4.78, 5) is 3.88. The van der Waals surface area contributed by atoms with Crippen molar-refractivity contribution in [3.05, 3.63) is 23.1 Å². The molecule has 2 atom stereocenters. The molecule has 0 saturated heterocycles. The first-order chi connectivity index (χ1) is 7.66. The van der Waals surface area contributed by atoms with E-state index < -0.39 is 5.82 Å². The first-order valence-corrected chi connectivity index (χ1v) is 6.02. The second-order valence-electron chi connectivity index (χ2n) is 4.36. The fraction of sp³-hybridized carbons (Fsp3) is 0.583. The van der Waals surface area contributed by atoms with E-state index in [-0.39, 0.29) is 12.0 Å². The van der Waals surface area contributed by atoms with E-state index in [0.717, 1.165) is 19.3 Å². The highest BCUT2D eigenvalue weighted by molar-refractivity contribution is 6.30. The molecule has 1 aromatic heterocycles. The molecular weight excluding hydrogens is 229 g/mol. The van der Waals surface area contributed by atoms with Gasteiger partial charge >= 0.3 is 0 Å². The molecule has 2 nitrogen and oxygen atoms in total. The van der Waals surface area contributed by atoms with E-state index in [1.54, 1.807) is 0 Å². The number of hydrogen-bond donors (Lipinski definition) is 0. The molecule has 1 saturated carbocycles. The number of hydrogen-bond acceptors (Lipinski definition) is 2. The van der Waals surface area contributed by atoms with E-state index in [1.165, 1.54) is 18.7 Å². The van der Waals surface area contributed by atoms with Gasteiger partial charge in [0.1, 0.15) is 6.10 Å². The molecule has 1 aliphatic carbocycles. The molecule has 2 unspecified atom stereocenters. The van der Waals surface area contributed by atoms with Crippen LogP contribution in [0.3, 0.4) is 0 Å². The highest BCUT2D eigenvalue weighted by atomic mass is 35.5. The Morgan fingerprint density at radius 2 is 2.19 bits per heavy atom. The summed E-state index contributed by atoms with van der Waals surface area (Å²) < 4.78 is 19.1. The molecule has 0 amide bonds. The minimum atomic E-state index is -0.481. The monoisotopic (exact) mass is 243 g/mol. The first kappa shape index (κ1) is 11.6. The Labute approximate surface area is 99.8 Å². The summed E-state index contributed by atoms with van der Waals surface area (Å²) in [6, 6.07) is 1.23. The standard InChI is InChI=1S/C12H15ClFNO/c1-8-4-2-3-5-11(8)16-12-10(14)6-9(13)7-15-12/h6-8,11H,2-5H2,1H3. The molecule has 0 radical (unpaired) electrons. The van der Waals surface area contributed by atoms with E-state index in [9.17, 15) is 4.39 Å². The fourth-order valence-electron chi connectivity index (χ4n) is 2.09. The number of aromatic nitrogens is 1. The van der Waals surface area contributed by atoms with Crippen LogP contribution in [0, 0.1) is 11.7 Å². The fourth-order valence-corrected chi connectivity index (χ4v) is 2.23. The van der Waals surface area contributed by atoms with Crippen LogP contribution in [0.25, 0.3) is 0 Å². The Kier molecular flexibility index (Phi) is 3.64. The summed E-state index contributed by atoms with van der Waals surface area (Å²) in [5, 5.41) is 0.293. The molecule has 4 heteroatoms. The lowest BCUT2D eigenvalue weighted by molar-refractivity contribution is 0.0927. The third-order valence-corrected chi connectivity index (χ3v) is 3.28. The van der Waals surface area contributed by atoms with Crippen molar-refractivity contribution in [2.24, 2.45) is 5.92 Å². The maximum atomic E-state index is 13.5. The van der Waals surface area contributed by atoms with Crippen LogP contribution < -0.4 is 4.74 Å². The third kappa shape index (κ3) is 2.64. The van der Waals surface area contributed by atoms with Gasteiger partial charge in [0.05, 0.1) is 5.02 Å². The van der Waals surface area contributed by atoms with E-state index in [2.05, 4.69) is 11.9 Å². The number of nitrogens with zero attached hydrogens (tertiary/aromatic N) is 1. The minimum Gasteiger partial charge on any atom is -0.472 e. The predicted molar refractivity (Wildman–Crippen MR) is 61.3 cm³/mol. The van der Waals surface area contributed by atoms with Crippen molar-refractivity contribution in [3.8, 4) is 5.88 Å². The normalized spacial score (nSPS) is 25.4. The summed E-state index contributed by atoms with van der Waals surface area (Å²) in [6.45, 7) is 2.14. The molecule has 1 fully saturated rings. The molecule has 0 bridgehead atoms. The van der Waals surface area contributed by atoms with Crippen LogP contribution in [-0.4, -0.2) is 11.1 Å². The van der Waals surface area contributed by atoms with Crippen LogP contribution in [0.4, 0.5) is 4.39 Å². The molecule has 1 aromatic rings. The largest absolute Gasteiger partial charge is 0.472 e. The highest BCUT2D eigenvalue weighted by Gasteiger charge is 2.24. The van der Waals surface area contributed by atoms with Crippen molar-refractivity contribution < 1.29 is 9.13 Å². The lowest BCUT2D eigenvalue weighted by atomic mass is 9.88. The van der Waals surface area contributed by atoms with Crippen molar-refractivity contribution in [1.82, 2.24) is 4.98 Å². The van der Waals surface area contributed by atoms with Gasteiger partial charge in [-0.05, 0) is 31.2 Å². The molecule has 0 aliphatic heterocycles. The molecule has 88 valence electrons. The lowest BCUT2D eigenvalue weighted by Gasteiger charge is -2.28. The Morgan fingerprint density at radius 1 is 1.44 bits per heavy atom. The zero-order valence-electron chi connectivity index (χ0n) is 9.25. The Balaban J connectivity index is 2.07. The molecule has 16 heavy (non-hydrogen) atoms. The van der Waals surface area contributed by atoms with Gasteiger partial charge in [-0.25, -0.2) is 9.37 Å². The van der Waals surface area contributed by atoms with E-state index >= 15 is 0 Å². The molecular formula is C12H15ClFNO. The summed E-state index contributed by atoms with van der Waals surface area (Å²) in [5.74, 6) is 0.0547. The third-order valence-electron chi connectivity index (χ3n) is 3.07. The molecule has 0 N–H and O–H groups in total. The number of ether oxygens (including phenoxy) is 1. The minimum absolute atomic E-state index is 0.0724. The van der Waals surface area contributed by atoms with Crippen molar-refractivity contribution in [1.29, 1.82) is 0 Å². The van der Waals surface area contributed by atoms with Crippen LogP contribution in [0.15, 0.2) is 12.3 Å². The summed E-state index contributed by atoms with van der Waals surface area (Å²) in [6.07, 6.45) is 5.98. The molecule has 1 heterocycles. The topological polar surface area (TPSA) is 22.1 Å². The van der Waals surface area contributed by atoms with E-state index in [4.69, 9.17) is 16.3 Å². The van der Waals surface area contributed by atoms with Crippen molar-refractivity contribution in [2.45, 2.75) is 38.7 Å². The number of pyridine rings is 1. The van der Waals surface area contributed by atoms with Crippen LogP contribution in [0.2, 0.25) is 5.02 Å². The zero-order valence-corrected chi connectivity index (χ0v) is 10.0. The van der Waals surface area contributed by atoms with Gasteiger partial charge in [0.15, 0.2) is 5.82 Å². The quantitative estimate of drug-likeness (QED) is 0.788. The van der Waals surface area contributed by atoms with Crippen molar-refractivity contribution in [2.75, 3.05) is 0 Å². The van der Waals surface area contributed by atoms with Gasteiger partial charge in [-0.15, -0.1) is 0 Å². The van der Waals surface area contributed by atoms with E-state index in [1.807, 2.05) is 0 Å². The van der Waals surface area contributed by atoms with Crippen LogP contribution in [-0.2, 0) is 0 Å². The SMILES string of the molecule is CC1CCCCC1Oc1ncc(Cl)cc1F. The predicted octanol–water partition coefficient (Wildman–Crippen LogP) is 3.83. The summed E-state index contributed by atoms with van der Waals surface area (Å²) in [7, 11) is 0. The van der Waals surface area contributed by atoms with Crippen LogP contribution >= 0.6 is 11.6 Å². The molecule has 2 rings (SSSR count). The van der Waals surface area contributed by atoms with Gasteiger partial charge in [0.25, 0.3) is 5.88 Å². The highest BCUT2D eigenvalue weighted by Crippen LogP contribution is 2.28. The Bertz CT molecular complexity index is 372. The average molecular weight is 244 g/mol. The van der Waals surface area contributed by atoms with Crippen molar-refractivity contribution in [3.63, 3.8) is 0 Å². The van der Waals surface area contributed by atoms with Crippen LogP contribution in [0.5, 0.6) is 5.88 Å². The summed E-state index contributed by atoms with van der Waals surface area (Å²) in [5.41, 5.74) is 0. The molecule has 0 aromatic carbocycles. The van der Waals surface area contributed by atoms with Crippen LogP contribution in [0.1, 0.15) is 32.6 Å². The van der Waals surface area contributed by atoms with E-state index in [0.29, 0.717) is 10.9 Å². The lowest BCUT2D eigenvalue weighted by Crippen LogP contribution is -2.28. The van der Waals surface area contributed by atoms with Gasteiger partial charge in [-0.1, -0.05) is 24.9 Å². The van der Waals surface area contributed by atoms with Gasteiger partial charge in [0.2, 0.25) is 0 Å². The maximum Gasteiger partial charge on any atom is 0.250 e. The molecule has 0 spiro atoms. The zero-order chi connectivity index (χ0) is 11.5. The first-order valence-electron chi connectivity index (χ1n) is 5.64.